The van der Waals surface area contributed by atoms with Crippen LogP contribution < -0.4 is 0 Å². The third-order valence-electron chi connectivity index (χ3n) is 12.9. The van der Waals surface area contributed by atoms with Gasteiger partial charge in [0.1, 0.15) is 13.2 Å². The Kier molecular flexibility index (Phi) is 62.5. The van der Waals surface area contributed by atoms with E-state index >= 15 is 0 Å². The molecule has 0 aliphatic rings. The van der Waals surface area contributed by atoms with E-state index in [2.05, 4.69) is 191 Å². The zero-order chi connectivity index (χ0) is 58.5. The lowest BCUT2D eigenvalue weighted by Crippen LogP contribution is -2.30. The van der Waals surface area contributed by atoms with Crippen LogP contribution in [0, 0.1) is 0 Å². The largest absolute Gasteiger partial charge is 0.462 e. The van der Waals surface area contributed by atoms with Crippen molar-refractivity contribution in [3.63, 3.8) is 0 Å². The first-order valence-corrected chi connectivity index (χ1v) is 32.3. The van der Waals surface area contributed by atoms with Gasteiger partial charge in [-0.2, -0.15) is 0 Å². The van der Waals surface area contributed by atoms with Gasteiger partial charge < -0.3 is 14.2 Å². The molecule has 1 unspecified atom stereocenters. The summed E-state index contributed by atoms with van der Waals surface area (Å²) >= 11 is 0. The Morgan fingerprint density at radius 3 is 0.765 bits per heavy atom. The van der Waals surface area contributed by atoms with Crippen molar-refractivity contribution >= 4 is 17.9 Å². The zero-order valence-corrected chi connectivity index (χ0v) is 51.7. The Hall–Kier alpha value is -5.49. The summed E-state index contributed by atoms with van der Waals surface area (Å²) in [5.41, 5.74) is 0. The number of unbranched alkanes of at least 4 members (excludes halogenated alkanes) is 15. The fourth-order valence-electron chi connectivity index (χ4n) is 8.19. The molecule has 1 atom stereocenters. The molecule has 0 aromatic rings. The second-order valence-corrected chi connectivity index (χ2v) is 20.5. The fourth-order valence-corrected chi connectivity index (χ4v) is 8.19. The van der Waals surface area contributed by atoms with Crippen LogP contribution in [0.1, 0.15) is 252 Å². The van der Waals surface area contributed by atoms with E-state index in [9.17, 15) is 14.4 Å². The second kappa shape index (κ2) is 67.0. The van der Waals surface area contributed by atoms with E-state index in [0.717, 1.165) is 154 Å². The van der Waals surface area contributed by atoms with Gasteiger partial charge in [0.25, 0.3) is 0 Å². The van der Waals surface area contributed by atoms with Gasteiger partial charge in [-0.05, 0) is 141 Å². The minimum absolute atomic E-state index is 0.118. The van der Waals surface area contributed by atoms with Crippen molar-refractivity contribution in [1.29, 1.82) is 0 Å². The van der Waals surface area contributed by atoms with Crippen molar-refractivity contribution in [1.82, 2.24) is 0 Å². The summed E-state index contributed by atoms with van der Waals surface area (Å²) in [5, 5.41) is 0. The van der Waals surface area contributed by atoms with Gasteiger partial charge in [0.05, 0.1) is 0 Å². The van der Waals surface area contributed by atoms with Crippen LogP contribution >= 0.6 is 0 Å². The highest BCUT2D eigenvalue weighted by atomic mass is 16.6. The Labute approximate surface area is 497 Å². The number of carbonyl (C=O) groups is 3. The molecule has 0 aromatic heterocycles. The SMILES string of the molecule is CC/C=C\C/C=C\C/C=C\C/C=C\C/C=C\C/C=C\CCCCCCCCCCC(=O)OCC(COC(=O)CC/C=C\C/C=C\C/C=C\C/C=C\CC)OC(=O)CCCCCCCCC/C=C\C/C=C\C/C=C\C/C=C\C/C=C\CC. The molecule has 0 amide bonds. The molecule has 6 nitrogen and oxygen atoms in total. The highest BCUT2D eigenvalue weighted by Crippen LogP contribution is 2.14. The minimum Gasteiger partial charge on any atom is -0.462 e. The summed E-state index contributed by atoms with van der Waals surface area (Å²) in [6.45, 7) is 6.21. The van der Waals surface area contributed by atoms with Crippen LogP contribution in [0.5, 0.6) is 0 Å². The second-order valence-electron chi connectivity index (χ2n) is 20.5. The van der Waals surface area contributed by atoms with E-state index < -0.39 is 6.10 Å². The minimum atomic E-state index is -0.829. The van der Waals surface area contributed by atoms with Gasteiger partial charge in [-0.3, -0.25) is 14.4 Å². The molecule has 0 fully saturated rings. The number of rotatable bonds is 56. The number of ether oxygens (including phenoxy) is 3. The maximum atomic E-state index is 12.9. The molecule has 81 heavy (non-hydrogen) atoms. The maximum absolute atomic E-state index is 12.9. The van der Waals surface area contributed by atoms with E-state index in [-0.39, 0.29) is 44.0 Å². The zero-order valence-electron chi connectivity index (χ0n) is 51.7. The number of allylic oxidation sites excluding steroid dienone is 30. The van der Waals surface area contributed by atoms with Crippen LogP contribution in [0.25, 0.3) is 0 Å². The summed E-state index contributed by atoms with van der Waals surface area (Å²) in [5.74, 6) is -1.03. The van der Waals surface area contributed by atoms with Crippen molar-refractivity contribution in [2.75, 3.05) is 13.2 Å². The predicted octanol–water partition coefficient (Wildman–Crippen LogP) is 22.4. The summed E-state index contributed by atoms with van der Waals surface area (Å²) < 4.78 is 16.8. The maximum Gasteiger partial charge on any atom is 0.306 e. The lowest BCUT2D eigenvalue weighted by Gasteiger charge is -2.18. The Bertz CT molecular complexity index is 1900. The molecule has 0 saturated heterocycles. The first-order valence-electron chi connectivity index (χ1n) is 32.3. The first kappa shape index (κ1) is 75.5. The highest BCUT2D eigenvalue weighted by molar-refractivity contribution is 5.71. The van der Waals surface area contributed by atoms with Crippen molar-refractivity contribution < 1.29 is 28.6 Å². The van der Waals surface area contributed by atoms with Gasteiger partial charge in [-0.15, -0.1) is 0 Å². The molecule has 0 N–H and O–H groups in total. The predicted molar refractivity (Wildman–Crippen MR) is 352 cm³/mol. The highest BCUT2D eigenvalue weighted by Gasteiger charge is 2.19. The molecule has 0 radical (unpaired) electrons. The Morgan fingerprint density at radius 1 is 0.247 bits per heavy atom. The Morgan fingerprint density at radius 2 is 0.469 bits per heavy atom. The van der Waals surface area contributed by atoms with Gasteiger partial charge in [0.15, 0.2) is 6.10 Å². The lowest BCUT2D eigenvalue weighted by molar-refractivity contribution is -0.166. The summed E-state index contributed by atoms with van der Waals surface area (Å²) in [7, 11) is 0. The van der Waals surface area contributed by atoms with E-state index in [1.807, 2.05) is 12.2 Å². The molecule has 452 valence electrons. The molecule has 6 heteroatoms. The average molecular weight is 1110 g/mol. The monoisotopic (exact) mass is 1110 g/mol. The number of hydrogen-bond donors (Lipinski definition) is 0. The molecular weight excluding hydrogens is 997 g/mol. The topological polar surface area (TPSA) is 78.9 Å². The molecule has 0 aliphatic heterocycles. The van der Waals surface area contributed by atoms with E-state index in [0.29, 0.717) is 12.8 Å². The summed E-state index contributed by atoms with van der Waals surface area (Å²) in [6.07, 6.45) is 101. The van der Waals surface area contributed by atoms with Gasteiger partial charge in [0, 0.05) is 19.3 Å². The summed E-state index contributed by atoms with van der Waals surface area (Å²) in [4.78, 5) is 38.3. The van der Waals surface area contributed by atoms with Crippen molar-refractivity contribution in [2.45, 2.75) is 258 Å². The van der Waals surface area contributed by atoms with Crippen LogP contribution in [-0.4, -0.2) is 37.2 Å². The van der Waals surface area contributed by atoms with Crippen LogP contribution in [-0.2, 0) is 28.6 Å². The molecule has 0 aromatic carbocycles. The molecule has 0 rings (SSSR count). The molecule has 0 saturated carbocycles. The van der Waals surface area contributed by atoms with Crippen LogP contribution in [0.15, 0.2) is 182 Å². The molecule has 0 bridgehead atoms. The smallest absolute Gasteiger partial charge is 0.306 e. The quantitative estimate of drug-likeness (QED) is 0.0261. The Balaban J connectivity index is 4.44. The van der Waals surface area contributed by atoms with Crippen molar-refractivity contribution in [3.05, 3.63) is 182 Å². The van der Waals surface area contributed by atoms with Crippen molar-refractivity contribution in [3.8, 4) is 0 Å². The normalized spacial score (nSPS) is 13.4. The summed E-state index contributed by atoms with van der Waals surface area (Å²) in [6, 6.07) is 0. The van der Waals surface area contributed by atoms with E-state index in [4.69, 9.17) is 14.2 Å². The number of hydrogen-bond acceptors (Lipinski definition) is 6. The van der Waals surface area contributed by atoms with E-state index in [1.54, 1.807) is 0 Å². The third kappa shape index (κ3) is 65.2. The molecular formula is C75H116O6. The first-order chi connectivity index (χ1) is 40.0. The molecule has 0 aliphatic carbocycles. The van der Waals surface area contributed by atoms with Gasteiger partial charge >= 0.3 is 17.9 Å². The van der Waals surface area contributed by atoms with Crippen molar-refractivity contribution in [2.24, 2.45) is 0 Å². The van der Waals surface area contributed by atoms with Crippen LogP contribution in [0.3, 0.4) is 0 Å². The standard InChI is InChI=1S/C75H116O6/c1-4-7-10-13-16-19-22-25-27-29-31-33-35-36-37-38-40-41-43-45-47-50-53-56-59-62-65-68-74(77)80-71-72(70-79-73(76)67-64-61-58-55-52-49-24-21-18-15-12-9-6-3)81-75(78)69-66-63-60-57-54-51-48-46-44-42-39-34-32-30-28-26-23-20-17-14-11-8-5-2/h7-12,16-21,25-28,31-34,36-37,40-42,44,49,52,58,61,72H,4-6,13-15,22-24,29-30,35,38-39,43,45-48,50-51,53-57,59-60,62-71H2,1-3H3/b10-7-,11-8-,12-9-,19-16-,20-17-,21-18-,27-25-,28-26-,33-31-,34-32-,37-36-,41-40-,44-42-,52-49-,61-58-. The van der Waals surface area contributed by atoms with Gasteiger partial charge in [-0.25, -0.2) is 0 Å². The van der Waals surface area contributed by atoms with Crippen LogP contribution in [0.2, 0.25) is 0 Å². The van der Waals surface area contributed by atoms with Gasteiger partial charge in [0.2, 0.25) is 0 Å². The molecule has 0 heterocycles. The van der Waals surface area contributed by atoms with Crippen LogP contribution in [0.4, 0.5) is 0 Å². The lowest BCUT2D eigenvalue weighted by atomic mass is 10.1. The average Bonchev–Trinajstić information content (AvgIpc) is 3.46. The van der Waals surface area contributed by atoms with E-state index in [1.165, 1.54) is 51.4 Å². The third-order valence-corrected chi connectivity index (χ3v) is 12.9. The van der Waals surface area contributed by atoms with Gasteiger partial charge in [-0.1, -0.05) is 274 Å². The number of carbonyl (C=O) groups excluding carboxylic acids is 3. The number of esters is 3. The fraction of sp³-hybridized carbons (Fsp3) is 0.560. The molecule has 0 spiro atoms.